The van der Waals surface area contributed by atoms with Gasteiger partial charge in [0, 0.05) is 11.9 Å². The van der Waals surface area contributed by atoms with E-state index in [-0.39, 0.29) is 0 Å². The molecule has 0 atom stereocenters. The van der Waals surface area contributed by atoms with Crippen molar-refractivity contribution in [2.24, 2.45) is 0 Å². The van der Waals surface area contributed by atoms with Crippen LogP contribution in [0.1, 0.15) is 11.1 Å². The first-order chi connectivity index (χ1) is 12.7. The monoisotopic (exact) mass is 361 g/mol. The van der Waals surface area contributed by atoms with Crippen molar-refractivity contribution in [2.75, 3.05) is 12.0 Å². The highest BCUT2D eigenvalue weighted by atomic mass is 32.1. The van der Waals surface area contributed by atoms with Crippen LogP contribution in [-0.2, 0) is 6.54 Å². The molecule has 26 heavy (non-hydrogen) atoms. The molecule has 0 aliphatic heterocycles. The van der Waals surface area contributed by atoms with Crippen LogP contribution in [0.25, 0.3) is 10.3 Å². The molecule has 2 heterocycles. The third kappa shape index (κ3) is 3.26. The van der Waals surface area contributed by atoms with Gasteiger partial charge in [-0.25, -0.2) is 9.97 Å². The fourth-order valence-corrected chi connectivity index (χ4v) is 3.89. The van der Waals surface area contributed by atoms with Gasteiger partial charge in [0.05, 0.1) is 13.7 Å². The average molecular weight is 361 g/mol. The molecular formula is C21H19N3OS. The number of rotatable bonds is 5. The van der Waals surface area contributed by atoms with Gasteiger partial charge in [0.1, 0.15) is 16.1 Å². The van der Waals surface area contributed by atoms with E-state index in [9.17, 15) is 0 Å². The van der Waals surface area contributed by atoms with Gasteiger partial charge in [-0.2, -0.15) is 0 Å². The summed E-state index contributed by atoms with van der Waals surface area (Å²) in [7, 11) is 1.69. The molecule has 0 unspecified atom stereocenters. The Morgan fingerprint density at radius 1 is 1.04 bits per heavy atom. The number of nitrogens with zero attached hydrogens (tertiary/aromatic N) is 3. The van der Waals surface area contributed by atoms with Crippen LogP contribution in [0.3, 0.4) is 0 Å². The molecule has 0 N–H and O–H groups in total. The Bertz CT molecular complexity index is 1030. The number of ether oxygens (including phenoxy) is 1. The van der Waals surface area contributed by atoms with E-state index in [1.807, 2.05) is 42.6 Å². The molecule has 4 aromatic rings. The lowest BCUT2D eigenvalue weighted by Crippen LogP contribution is -2.16. The third-order valence-corrected chi connectivity index (χ3v) is 5.25. The van der Waals surface area contributed by atoms with Gasteiger partial charge in [-0.1, -0.05) is 41.7 Å². The summed E-state index contributed by atoms with van der Waals surface area (Å²) in [4.78, 5) is 12.5. The van der Waals surface area contributed by atoms with Crippen molar-refractivity contribution in [1.82, 2.24) is 9.97 Å². The van der Waals surface area contributed by atoms with Gasteiger partial charge in [0.25, 0.3) is 0 Å². The first kappa shape index (κ1) is 16.5. The molecule has 0 saturated heterocycles. The molecular weight excluding hydrogens is 342 g/mol. The van der Waals surface area contributed by atoms with Gasteiger partial charge in [-0.05, 0) is 48.4 Å². The molecule has 0 saturated carbocycles. The summed E-state index contributed by atoms with van der Waals surface area (Å²) in [5, 5.41) is 0.941. The summed E-state index contributed by atoms with van der Waals surface area (Å²) in [5.74, 6) is 0.859. The van der Waals surface area contributed by atoms with E-state index in [0.717, 1.165) is 38.0 Å². The highest BCUT2D eigenvalue weighted by Crippen LogP contribution is 2.34. The van der Waals surface area contributed by atoms with E-state index < -0.39 is 0 Å². The highest BCUT2D eigenvalue weighted by molar-refractivity contribution is 7.21. The van der Waals surface area contributed by atoms with E-state index in [0.29, 0.717) is 6.54 Å². The number of thiazole rings is 1. The number of aryl methyl sites for hydroxylation is 1. The molecule has 0 amide bonds. The van der Waals surface area contributed by atoms with Crippen LogP contribution in [0.5, 0.6) is 5.75 Å². The molecule has 2 aromatic heterocycles. The minimum atomic E-state index is 0.708. The molecule has 5 heteroatoms. The zero-order valence-corrected chi connectivity index (χ0v) is 15.5. The lowest BCUT2D eigenvalue weighted by molar-refractivity contribution is 0.414. The zero-order valence-electron chi connectivity index (χ0n) is 14.7. The summed E-state index contributed by atoms with van der Waals surface area (Å²) in [6.45, 7) is 2.78. The Hall–Kier alpha value is -2.92. The van der Waals surface area contributed by atoms with Crippen molar-refractivity contribution in [1.29, 1.82) is 0 Å². The Labute approximate surface area is 156 Å². The van der Waals surface area contributed by atoms with Crippen molar-refractivity contribution in [3.8, 4) is 5.75 Å². The number of methoxy groups -OCH3 is 1. The van der Waals surface area contributed by atoms with E-state index in [1.165, 1.54) is 0 Å². The lowest BCUT2D eigenvalue weighted by atomic mass is 10.2. The number of anilines is 2. The van der Waals surface area contributed by atoms with Crippen molar-refractivity contribution >= 4 is 32.5 Å². The minimum Gasteiger partial charge on any atom is -0.497 e. The Morgan fingerprint density at radius 3 is 2.65 bits per heavy atom. The maximum atomic E-state index is 5.37. The van der Waals surface area contributed by atoms with Crippen LogP contribution >= 0.6 is 11.3 Å². The van der Waals surface area contributed by atoms with E-state index >= 15 is 0 Å². The van der Waals surface area contributed by atoms with Crippen molar-refractivity contribution in [3.05, 3.63) is 78.0 Å². The molecule has 0 radical (unpaired) electrons. The average Bonchev–Trinajstić information content (AvgIpc) is 3.12. The summed E-state index contributed by atoms with van der Waals surface area (Å²) in [6.07, 6.45) is 1.84. The largest absolute Gasteiger partial charge is 0.497 e. The SMILES string of the molecule is COc1cccc(CN(c2ccccc2)c2nc3c(C)ccnc3s2)c1. The van der Waals surface area contributed by atoms with Gasteiger partial charge < -0.3 is 9.64 Å². The lowest BCUT2D eigenvalue weighted by Gasteiger charge is -2.22. The third-order valence-electron chi connectivity index (χ3n) is 4.26. The van der Waals surface area contributed by atoms with E-state index in [2.05, 4.69) is 41.1 Å². The molecule has 0 bridgehead atoms. The summed E-state index contributed by atoms with van der Waals surface area (Å²) >= 11 is 1.62. The van der Waals surface area contributed by atoms with Crippen LogP contribution in [0, 0.1) is 6.92 Å². The molecule has 0 aliphatic carbocycles. The molecule has 4 nitrogen and oxygen atoms in total. The number of hydrogen-bond donors (Lipinski definition) is 0. The van der Waals surface area contributed by atoms with Crippen LogP contribution < -0.4 is 9.64 Å². The van der Waals surface area contributed by atoms with E-state index in [1.54, 1.807) is 18.4 Å². The van der Waals surface area contributed by atoms with Gasteiger partial charge >= 0.3 is 0 Å². The highest BCUT2D eigenvalue weighted by Gasteiger charge is 2.16. The molecule has 0 fully saturated rings. The normalized spacial score (nSPS) is 10.8. The quantitative estimate of drug-likeness (QED) is 0.480. The predicted molar refractivity (Wildman–Crippen MR) is 107 cm³/mol. The molecule has 130 valence electrons. The number of pyridine rings is 1. The van der Waals surface area contributed by atoms with Gasteiger partial charge in [0.15, 0.2) is 5.13 Å². The van der Waals surface area contributed by atoms with Crippen molar-refractivity contribution in [2.45, 2.75) is 13.5 Å². The standard InChI is InChI=1S/C21H19N3OS/c1-15-11-12-22-20-19(15)23-21(26-20)24(17-8-4-3-5-9-17)14-16-7-6-10-18(13-16)25-2/h3-13H,14H2,1-2H3. The molecule has 0 aliphatic rings. The fourth-order valence-electron chi connectivity index (χ4n) is 2.89. The predicted octanol–water partition coefficient (Wildman–Crippen LogP) is 5.35. The van der Waals surface area contributed by atoms with Crippen molar-refractivity contribution in [3.63, 3.8) is 0 Å². The number of fused-ring (bicyclic) bond motifs is 1. The zero-order chi connectivity index (χ0) is 17.9. The van der Waals surface area contributed by atoms with Crippen LogP contribution in [0.15, 0.2) is 66.9 Å². The summed E-state index contributed by atoms with van der Waals surface area (Å²) < 4.78 is 5.37. The first-order valence-electron chi connectivity index (χ1n) is 8.42. The summed E-state index contributed by atoms with van der Waals surface area (Å²) in [6, 6.07) is 20.5. The number of para-hydroxylation sites is 1. The molecule has 0 spiro atoms. The van der Waals surface area contributed by atoms with Crippen LogP contribution in [0.4, 0.5) is 10.8 Å². The fraction of sp³-hybridized carbons (Fsp3) is 0.143. The first-order valence-corrected chi connectivity index (χ1v) is 9.24. The van der Waals surface area contributed by atoms with Crippen LogP contribution in [0.2, 0.25) is 0 Å². The van der Waals surface area contributed by atoms with Crippen molar-refractivity contribution < 1.29 is 4.74 Å². The molecule has 4 rings (SSSR count). The minimum absolute atomic E-state index is 0.708. The second-order valence-electron chi connectivity index (χ2n) is 6.05. The Kier molecular flexibility index (Phi) is 4.54. The number of aromatic nitrogens is 2. The van der Waals surface area contributed by atoms with Gasteiger partial charge in [-0.15, -0.1) is 0 Å². The van der Waals surface area contributed by atoms with Gasteiger partial charge in [0.2, 0.25) is 0 Å². The molecule has 2 aromatic carbocycles. The second kappa shape index (κ2) is 7.14. The van der Waals surface area contributed by atoms with Gasteiger partial charge in [-0.3, -0.25) is 0 Å². The smallest absolute Gasteiger partial charge is 0.192 e. The Morgan fingerprint density at radius 2 is 1.88 bits per heavy atom. The maximum Gasteiger partial charge on any atom is 0.192 e. The summed E-state index contributed by atoms with van der Waals surface area (Å²) in [5.41, 5.74) is 4.38. The van der Waals surface area contributed by atoms with E-state index in [4.69, 9.17) is 9.72 Å². The van der Waals surface area contributed by atoms with Crippen LogP contribution in [-0.4, -0.2) is 17.1 Å². The maximum absolute atomic E-state index is 5.37. The Balaban J connectivity index is 1.78. The topological polar surface area (TPSA) is 38.2 Å². The number of hydrogen-bond acceptors (Lipinski definition) is 5. The number of benzene rings is 2. The second-order valence-corrected chi connectivity index (χ2v) is 7.01.